The van der Waals surface area contributed by atoms with Gasteiger partial charge in [0.2, 0.25) is 47.3 Å². The minimum Gasteiger partial charge on any atom is -0.480 e. The van der Waals surface area contributed by atoms with Crippen molar-refractivity contribution >= 4 is 76.0 Å². The fraction of sp³-hybridized carbons (Fsp3) is 0.620. The van der Waals surface area contributed by atoms with Crippen LogP contribution in [0.3, 0.4) is 0 Å². The molecule has 3 heterocycles. The molecular formula is C50H81N17O10. The van der Waals surface area contributed by atoms with Gasteiger partial charge < -0.3 is 86.6 Å². The molecule has 2 aliphatic rings. The summed E-state index contributed by atoms with van der Waals surface area (Å²) < 4.78 is 0. The number of carbonyl (C=O) groups is 9. The Morgan fingerprint density at radius 1 is 0.662 bits per heavy atom. The van der Waals surface area contributed by atoms with Crippen LogP contribution in [0.1, 0.15) is 109 Å². The number of guanidine groups is 2. The first-order valence-corrected chi connectivity index (χ1v) is 26.4. The maximum absolute atomic E-state index is 14.7. The van der Waals surface area contributed by atoms with Gasteiger partial charge in [0.05, 0.1) is 6.04 Å². The lowest BCUT2D eigenvalue weighted by molar-refractivity contribution is -0.144. The van der Waals surface area contributed by atoms with E-state index in [1.807, 2.05) is 32.0 Å². The van der Waals surface area contributed by atoms with Crippen LogP contribution in [0, 0.1) is 5.92 Å². The zero-order chi connectivity index (χ0) is 56.8. The number of nitrogens with two attached hydrogens (primary N) is 7. The number of benzene rings is 1. The Morgan fingerprint density at radius 2 is 1.18 bits per heavy atom. The molecule has 0 saturated carbocycles. The third-order valence-electron chi connectivity index (χ3n) is 13.5. The molecule has 2 fully saturated rings. The SMILES string of the molecule is CC(C)C[C@H](NC(=O)[C@@H]1CCCN1C(=O)[C@H](CCCN=C(N)N)NC(=O)[C@@H](N)CCCN=C(N)N)C(=O)N[C@@H](CCCCN)C(=O)N1CCC[C@H]1C(=O)N[C@@H](Cc1c[nH]c2ccccc12)C(=O)N[C@@H](CCC(N)=O)C(=O)O. The van der Waals surface area contributed by atoms with Crippen molar-refractivity contribution in [3.63, 3.8) is 0 Å². The standard InChI is InChI=1S/C50H81N17O10/c1-28(2)25-36(64-44(72)38-16-9-24-67(38)47(75)34(15-8-22-59-50(56)57)61-41(69)31(52)12-7-21-58-49(54)55)42(70)62-33(14-5-6-20-51)46(74)66-23-10-17-39(66)45(73)65-37(26-29-27-60-32-13-4-3-11-30(29)32)43(71)63-35(48(76)77)18-19-40(53)68/h3-4,11,13,27-28,31,33-39,60H,5-10,12,14-26,51-52H2,1-2H3,(H2,53,68)(H,61,69)(H,62,70)(H,63,71)(H,64,72)(H,65,73)(H,76,77)(H4,54,55,58)(H4,56,57,59)/t31-,33-,34-,35-,36-,37-,38-,39-/m0/s1. The number of aromatic amines is 1. The monoisotopic (exact) mass is 1080 g/mol. The summed E-state index contributed by atoms with van der Waals surface area (Å²) in [5.41, 5.74) is 40.5. The summed E-state index contributed by atoms with van der Waals surface area (Å²) in [6.45, 7) is 4.72. The number of unbranched alkanes of at least 4 members (excludes halogenated alkanes) is 1. The zero-order valence-corrected chi connectivity index (χ0v) is 44.2. The average molecular weight is 1080 g/mol. The number of carbonyl (C=O) groups excluding carboxylic acids is 8. The van der Waals surface area contributed by atoms with Crippen molar-refractivity contribution in [2.24, 2.45) is 56.0 Å². The predicted octanol–water partition coefficient (Wildman–Crippen LogP) is -2.92. The smallest absolute Gasteiger partial charge is 0.326 e. The van der Waals surface area contributed by atoms with Crippen LogP contribution < -0.4 is 66.7 Å². The number of primary amides is 1. The van der Waals surface area contributed by atoms with E-state index in [2.05, 4.69) is 41.6 Å². The van der Waals surface area contributed by atoms with Crippen molar-refractivity contribution in [2.45, 2.75) is 158 Å². The van der Waals surface area contributed by atoms with E-state index in [-0.39, 0.29) is 102 Å². The fourth-order valence-corrected chi connectivity index (χ4v) is 9.50. The molecule has 2 aliphatic heterocycles. The molecule has 1 aromatic heterocycles. The van der Waals surface area contributed by atoms with Crippen LogP contribution in [0.4, 0.5) is 0 Å². The van der Waals surface area contributed by atoms with E-state index in [4.69, 9.17) is 40.1 Å². The summed E-state index contributed by atoms with van der Waals surface area (Å²) >= 11 is 0. The largest absolute Gasteiger partial charge is 0.480 e. The number of rotatable bonds is 32. The molecule has 77 heavy (non-hydrogen) atoms. The van der Waals surface area contributed by atoms with Crippen molar-refractivity contribution in [3.8, 4) is 0 Å². The minimum atomic E-state index is -1.50. The number of H-pyrrole nitrogens is 1. The second kappa shape index (κ2) is 30.9. The van der Waals surface area contributed by atoms with Crippen molar-refractivity contribution in [3.05, 3.63) is 36.0 Å². The molecule has 2 aromatic rings. The molecular weight excluding hydrogens is 999 g/mol. The molecule has 0 radical (unpaired) electrons. The predicted molar refractivity (Wildman–Crippen MR) is 287 cm³/mol. The van der Waals surface area contributed by atoms with Crippen LogP contribution in [0.25, 0.3) is 10.9 Å². The first-order valence-electron chi connectivity index (χ1n) is 26.4. The van der Waals surface area contributed by atoms with E-state index >= 15 is 0 Å². The molecule has 8 atom stereocenters. The lowest BCUT2D eigenvalue weighted by Crippen LogP contribution is -2.60. The summed E-state index contributed by atoms with van der Waals surface area (Å²) in [5, 5.41) is 24.3. The summed E-state index contributed by atoms with van der Waals surface area (Å²) in [6.07, 6.45) is 4.50. The highest BCUT2D eigenvalue weighted by atomic mass is 16.4. The Morgan fingerprint density at radius 3 is 1.73 bits per heavy atom. The number of fused-ring (bicyclic) bond motifs is 1. The van der Waals surface area contributed by atoms with Gasteiger partial charge in [-0.3, -0.25) is 48.3 Å². The van der Waals surface area contributed by atoms with Gasteiger partial charge in [-0.1, -0.05) is 32.0 Å². The lowest BCUT2D eigenvalue weighted by atomic mass is 10.0. The number of aliphatic carboxylic acids is 1. The number of hydrogen-bond donors (Lipinski definition) is 14. The van der Waals surface area contributed by atoms with Crippen LogP contribution in [0.15, 0.2) is 40.4 Å². The first kappa shape index (κ1) is 62.0. The number of nitrogens with one attached hydrogen (secondary N) is 6. The topological polar surface area (TPSA) is 463 Å². The van der Waals surface area contributed by atoms with Crippen LogP contribution in [-0.2, 0) is 49.6 Å². The molecule has 0 bridgehead atoms. The number of hydrogen-bond acceptors (Lipinski definition) is 13. The maximum Gasteiger partial charge on any atom is 0.326 e. The van der Waals surface area contributed by atoms with Gasteiger partial charge in [0.25, 0.3) is 0 Å². The molecule has 2 saturated heterocycles. The van der Waals surface area contributed by atoms with Crippen molar-refractivity contribution in [1.82, 2.24) is 41.4 Å². The van der Waals surface area contributed by atoms with Gasteiger partial charge in [0.1, 0.15) is 42.3 Å². The van der Waals surface area contributed by atoms with Crippen LogP contribution in [0.2, 0.25) is 0 Å². The second-order valence-corrected chi connectivity index (χ2v) is 20.0. The lowest BCUT2D eigenvalue weighted by Gasteiger charge is -2.32. The van der Waals surface area contributed by atoms with Gasteiger partial charge in [-0.2, -0.15) is 0 Å². The van der Waals surface area contributed by atoms with Gasteiger partial charge in [-0.25, -0.2) is 4.79 Å². The normalized spacial score (nSPS) is 17.5. The van der Waals surface area contributed by atoms with Crippen LogP contribution in [-0.4, -0.2) is 166 Å². The first-order chi connectivity index (χ1) is 36.6. The highest BCUT2D eigenvalue weighted by molar-refractivity contribution is 5.98. The molecule has 0 aliphatic carbocycles. The number of carboxylic acids is 1. The molecule has 0 unspecified atom stereocenters. The van der Waals surface area contributed by atoms with Gasteiger partial charge in [-0.15, -0.1) is 0 Å². The van der Waals surface area contributed by atoms with Crippen molar-refractivity contribution < 1.29 is 48.3 Å². The number of likely N-dealkylation sites (tertiary alicyclic amines) is 2. The Balaban J connectivity index is 1.53. The van der Waals surface area contributed by atoms with Crippen LogP contribution >= 0.6 is 0 Å². The van der Waals surface area contributed by atoms with E-state index in [9.17, 15) is 48.3 Å². The zero-order valence-electron chi connectivity index (χ0n) is 44.2. The Labute approximate surface area is 447 Å². The van der Waals surface area contributed by atoms with E-state index in [0.29, 0.717) is 50.6 Å². The Bertz CT molecular complexity index is 2420. The van der Waals surface area contributed by atoms with Crippen molar-refractivity contribution in [1.29, 1.82) is 0 Å². The molecule has 21 N–H and O–H groups in total. The van der Waals surface area contributed by atoms with Gasteiger partial charge >= 0.3 is 5.97 Å². The summed E-state index contributed by atoms with van der Waals surface area (Å²) in [5.74, 6) is -7.09. The number of carboxylic acid groups (broad SMARTS) is 1. The third kappa shape index (κ3) is 19.5. The van der Waals surface area contributed by atoms with Gasteiger partial charge in [0, 0.05) is 56.1 Å². The molecule has 27 heteroatoms. The Hall–Kier alpha value is -7.55. The van der Waals surface area contributed by atoms with Gasteiger partial charge in [0.15, 0.2) is 11.9 Å². The highest BCUT2D eigenvalue weighted by Crippen LogP contribution is 2.24. The van der Waals surface area contributed by atoms with E-state index in [1.165, 1.54) is 9.80 Å². The van der Waals surface area contributed by atoms with Crippen molar-refractivity contribution in [2.75, 3.05) is 32.7 Å². The highest BCUT2D eigenvalue weighted by Gasteiger charge is 2.42. The number of aliphatic imine (C=N–C) groups is 2. The van der Waals surface area contributed by atoms with E-state index < -0.39 is 102 Å². The number of nitrogens with zero attached hydrogens (tertiary/aromatic N) is 4. The second-order valence-electron chi connectivity index (χ2n) is 20.0. The molecule has 426 valence electrons. The minimum absolute atomic E-state index is 0.0753. The number of amides is 8. The van der Waals surface area contributed by atoms with E-state index in [0.717, 1.165) is 10.9 Å². The fourth-order valence-electron chi connectivity index (χ4n) is 9.50. The van der Waals surface area contributed by atoms with E-state index in [1.54, 1.807) is 12.3 Å². The molecule has 27 nitrogen and oxygen atoms in total. The average Bonchev–Trinajstić information content (AvgIpc) is 4.17. The quantitative estimate of drug-likeness (QED) is 0.0198. The molecule has 0 spiro atoms. The molecule has 4 rings (SSSR count). The third-order valence-corrected chi connectivity index (χ3v) is 13.5. The molecule has 8 amide bonds. The Kier molecular flexibility index (Phi) is 24.8. The summed E-state index contributed by atoms with van der Waals surface area (Å²) in [4.78, 5) is 137. The number of para-hydroxylation sites is 1. The van der Waals surface area contributed by atoms with Gasteiger partial charge in [-0.05, 0) is 108 Å². The molecule has 1 aromatic carbocycles. The van der Waals surface area contributed by atoms with Crippen LogP contribution in [0.5, 0.6) is 0 Å². The summed E-state index contributed by atoms with van der Waals surface area (Å²) in [7, 11) is 0. The summed E-state index contributed by atoms with van der Waals surface area (Å²) in [6, 6.07) is -2.12. The number of aromatic nitrogens is 1. The maximum atomic E-state index is 14.7.